The van der Waals surface area contributed by atoms with Gasteiger partial charge in [-0.3, -0.25) is 0 Å². The summed E-state index contributed by atoms with van der Waals surface area (Å²) < 4.78 is 1.92. The number of aromatic nitrogens is 2. The Morgan fingerprint density at radius 2 is 1.84 bits per heavy atom. The quantitative estimate of drug-likeness (QED) is 0.736. The molecular weight excluding hydrogens is 236 g/mol. The third-order valence-electron chi connectivity index (χ3n) is 3.25. The van der Waals surface area contributed by atoms with Crippen LogP contribution in [0.2, 0.25) is 0 Å². The van der Waals surface area contributed by atoms with E-state index in [9.17, 15) is 0 Å². The smallest absolute Gasteiger partial charge is 0.162 e. The van der Waals surface area contributed by atoms with Crippen LogP contribution in [0.4, 0.5) is 17.2 Å². The van der Waals surface area contributed by atoms with Gasteiger partial charge in [-0.15, -0.1) is 0 Å². The highest BCUT2D eigenvalue weighted by molar-refractivity contribution is 5.70. The van der Waals surface area contributed by atoms with Crippen molar-refractivity contribution in [3.05, 3.63) is 53.9 Å². The van der Waals surface area contributed by atoms with Crippen molar-refractivity contribution in [1.82, 2.24) is 9.38 Å². The molecule has 0 aliphatic carbocycles. The maximum Gasteiger partial charge on any atom is 0.162 e. The summed E-state index contributed by atoms with van der Waals surface area (Å²) in [6.07, 6.45) is 3.88. The third-order valence-corrected chi connectivity index (χ3v) is 3.25. The number of anilines is 3. The number of nitrogens with zero attached hydrogens (tertiary/aromatic N) is 2. The van der Waals surface area contributed by atoms with Crippen molar-refractivity contribution in [2.24, 2.45) is 0 Å². The number of benzene rings is 1. The molecule has 1 aromatic carbocycles. The van der Waals surface area contributed by atoms with Crippen LogP contribution in [0.15, 0.2) is 42.7 Å². The van der Waals surface area contributed by atoms with Crippen molar-refractivity contribution in [2.75, 3.05) is 11.1 Å². The van der Waals surface area contributed by atoms with Crippen molar-refractivity contribution < 1.29 is 0 Å². The second kappa shape index (κ2) is 4.31. The number of hydrogen-bond donors (Lipinski definition) is 2. The van der Waals surface area contributed by atoms with E-state index in [0.29, 0.717) is 5.69 Å². The minimum Gasteiger partial charge on any atom is -0.396 e. The highest BCUT2D eigenvalue weighted by atomic mass is 15.1. The van der Waals surface area contributed by atoms with Crippen molar-refractivity contribution >= 4 is 22.8 Å². The fraction of sp³-hybridized carbons (Fsp3) is 0.133. The van der Waals surface area contributed by atoms with Crippen LogP contribution in [0.25, 0.3) is 5.65 Å². The Labute approximate surface area is 111 Å². The monoisotopic (exact) mass is 252 g/mol. The Kier molecular flexibility index (Phi) is 2.63. The largest absolute Gasteiger partial charge is 0.396 e. The normalized spacial score (nSPS) is 10.8. The van der Waals surface area contributed by atoms with Crippen LogP contribution in [0.1, 0.15) is 11.1 Å². The van der Waals surface area contributed by atoms with Crippen LogP contribution >= 0.6 is 0 Å². The molecule has 0 radical (unpaired) electrons. The van der Waals surface area contributed by atoms with Gasteiger partial charge in [-0.25, -0.2) is 4.98 Å². The summed E-state index contributed by atoms with van der Waals surface area (Å²) >= 11 is 0. The van der Waals surface area contributed by atoms with Crippen LogP contribution in [0, 0.1) is 13.8 Å². The van der Waals surface area contributed by atoms with Crippen molar-refractivity contribution in [1.29, 1.82) is 0 Å². The topological polar surface area (TPSA) is 55.3 Å². The number of fused-ring (bicyclic) bond motifs is 1. The highest BCUT2D eigenvalue weighted by Crippen LogP contribution is 2.24. The number of hydrogen-bond acceptors (Lipinski definition) is 3. The molecule has 0 amide bonds. The third kappa shape index (κ3) is 2.01. The average molecular weight is 252 g/mol. The lowest BCUT2D eigenvalue weighted by Gasteiger charge is -2.09. The maximum absolute atomic E-state index is 5.91. The molecule has 4 heteroatoms. The molecule has 0 aliphatic rings. The minimum absolute atomic E-state index is 0.678. The zero-order valence-electron chi connectivity index (χ0n) is 11.0. The Bertz CT molecular complexity index is 723. The molecule has 3 aromatic rings. The van der Waals surface area contributed by atoms with E-state index in [0.717, 1.165) is 17.2 Å². The Morgan fingerprint density at radius 3 is 2.53 bits per heavy atom. The lowest BCUT2D eigenvalue weighted by molar-refractivity contribution is 1.19. The lowest BCUT2D eigenvalue weighted by atomic mass is 10.1. The molecule has 3 N–H and O–H groups in total. The zero-order chi connectivity index (χ0) is 13.4. The average Bonchev–Trinajstić information content (AvgIpc) is 2.78. The molecule has 2 heterocycles. The van der Waals surface area contributed by atoms with E-state index >= 15 is 0 Å². The predicted molar refractivity (Wildman–Crippen MR) is 78.8 cm³/mol. The van der Waals surface area contributed by atoms with E-state index in [4.69, 9.17) is 5.73 Å². The van der Waals surface area contributed by atoms with Crippen LogP contribution in [-0.2, 0) is 0 Å². The molecule has 0 bridgehead atoms. The molecule has 0 spiro atoms. The van der Waals surface area contributed by atoms with Gasteiger partial charge in [0.25, 0.3) is 0 Å². The Hall–Kier alpha value is -2.49. The van der Waals surface area contributed by atoms with Gasteiger partial charge in [-0.2, -0.15) is 0 Å². The van der Waals surface area contributed by atoms with Gasteiger partial charge in [0.1, 0.15) is 5.82 Å². The van der Waals surface area contributed by atoms with E-state index < -0.39 is 0 Å². The predicted octanol–water partition coefficient (Wildman–Crippen LogP) is 3.28. The molecule has 96 valence electrons. The number of pyridine rings is 1. The van der Waals surface area contributed by atoms with Gasteiger partial charge in [0, 0.05) is 11.9 Å². The SMILES string of the molecule is Cc1cccc(C)c1Nc1cn2cccc(N)c2n1. The summed E-state index contributed by atoms with van der Waals surface area (Å²) in [5.41, 5.74) is 10.9. The molecule has 0 aliphatic heterocycles. The van der Waals surface area contributed by atoms with Crippen molar-refractivity contribution in [3.63, 3.8) is 0 Å². The summed E-state index contributed by atoms with van der Waals surface area (Å²) in [6, 6.07) is 9.98. The van der Waals surface area contributed by atoms with Crippen LogP contribution in [0.3, 0.4) is 0 Å². The van der Waals surface area contributed by atoms with Gasteiger partial charge in [-0.05, 0) is 37.1 Å². The lowest BCUT2D eigenvalue weighted by Crippen LogP contribution is -1.96. The van der Waals surface area contributed by atoms with E-state index in [-0.39, 0.29) is 0 Å². The summed E-state index contributed by atoms with van der Waals surface area (Å²) in [7, 11) is 0. The summed E-state index contributed by atoms with van der Waals surface area (Å²) in [6.45, 7) is 4.17. The number of nitrogen functional groups attached to an aromatic ring is 1. The molecule has 0 fully saturated rings. The van der Waals surface area contributed by atoms with Gasteiger partial charge in [0.15, 0.2) is 5.65 Å². The summed E-state index contributed by atoms with van der Waals surface area (Å²) in [5, 5.41) is 3.37. The minimum atomic E-state index is 0.678. The van der Waals surface area contributed by atoms with Crippen molar-refractivity contribution in [2.45, 2.75) is 13.8 Å². The van der Waals surface area contributed by atoms with Gasteiger partial charge >= 0.3 is 0 Å². The molecule has 3 rings (SSSR count). The number of nitrogens with two attached hydrogens (primary N) is 1. The van der Waals surface area contributed by atoms with E-state index in [1.807, 2.05) is 28.9 Å². The van der Waals surface area contributed by atoms with Gasteiger partial charge in [0.05, 0.1) is 11.9 Å². The zero-order valence-corrected chi connectivity index (χ0v) is 11.0. The van der Waals surface area contributed by atoms with Crippen molar-refractivity contribution in [3.8, 4) is 0 Å². The standard InChI is InChI=1S/C15H16N4/c1-10-5-3-6-11(2)14(10)17-13-9-19-8-4-7-12(16)15(19)18-13/h3-9,17H,16H2,1-2H3. The van der Waals surface area contributed by atoms with Gasteiger partial charge in [0.2, 0.25) is 0 Å². The fourth-order valence-corrected chi connectivity index (χ4v) is 2.23. The molecular formula is C15H16N4. The summed E-state index contributed by atoms with van der Waals surface area (Å²) in [4.78, 5) is 4.52. The number of nitrogens with one attached hydrogen (secondary N) is 1. The second-order valence-corrected chi connectivity index (χ2v) is 4.71. The molecule has 0 atom stereocenters. The molecule has 0 saturated heterocycles. The number of para-hydroxylation sites is 1. The first-order chi connectivity index (χ1) is 9.15. The number of aryl methyl sites for hydroxylation is 2. The van der Waals surface area contributed by atoms with Crippen LogP contribution in [-0.4, -0.2) is 9.38 Å². The first-order valence-electron chi connectivity index (χ1n) is 6.21. The molecule has 2 aromatic heterocycles. The fourth-order valence-electron chi connectivity index (χ4n) is 2.23. The molecule has 19 heavy (non-hydrogen) atoms. The molecule has 4 nitrogen and oxygen atoms in total. The van der Waals surface area contributed by atoms with E-state index in [1.165, 1.54) is 11.1 Å². The highest BCUT2D eigenvalue weighted by Gasteiger charge is 2.07. The van der Waals surface area contributed by atoms with Gasteiger partial charge in [-0.1, -0.05) is 18.2 Å². The van der Waals surface area contributed by atoms with E-state index in [1.54, 1.807) is 0 Å². The molecule has 0 saturated carbocycles. The Balaban J connectivity index is 2.04. The first-order valence-corrected chi connectivity index (χ1v) is 6.21. The number of imidazole rings is 1. The first kappa shape index (κ1) is 11.6. The second-order valence-electron chi connectivity index (χ2n) is 4.71. The van der Waals surface area contributed by atoms with Gasteiger partial charge < -0.3 is 15.5 Å². The van der Waals surface area contributed by atoms with E-state index in [2.05, 4.69) is 42.3 Å². The Morgan fingerprint density at radius 1 is 1.11 bits per heavy atom. The molecule has 0 unspecified atom stereocenters. The summed E-state index contributed by atoms with van der Waals surface area (Å²) in [5.74, 6) is 0.801. The number of rotatable bonds is 2. The van der Waals surface area contributed by atoms with Crippen LogP contribution in [0.5, 0.6) is 0 Å². The van der Waals surface area contributed by atoms with Crippen LogP contribution < -0.4 is 11.1 Å². The maximum atomic E-state index is 5.91.